The third-order valence-electron chi connectivity index (χ3n) is 3.06. The zero-order valence-electron chi connectivity index (χ0n) is 12.2. The first-order valence-electron chi connectivity index (χ1n) is 6.91. The predicted octanol–water partition coefficient (Wildman–Crippen LogP) is 2.43. The van der Waals surface area contributed by atoms with Crippen LogP contribution in [0.25, 0.3) is 0 Å². The maximum Gasteiger partial charge on any atom is 0.243 e. The van der Waals surface area contributed by atoms with Crippen LogP contribution in [0.15, 0.2) is 48.5 Å². The van der Waals surface area contributed by atoms with Crippen LogP contribution in [0.4, 0.5) is 10.1 Å². The number of carbonyl (C=O) groups is 2. The van der Waals surface area contributed by atoms with E-state index >= 15 is 0 Å². The van der Waals surface area contributed by atoms with E-state index in [4.69, 9.17) is 0 Å². The molecule has 2 aromatic carbocycles. The quantitative estimate of drug-likeness (QED) is 0.891. The number of rotatable bonds is 5. The Hall–Kier alpha value is -2.69. The van der Waals surface area contributed by atoms with E-state index in [1.54, 1.807) is 24.3 Å². The minimum Gasteiger partial charge on any atom is -0.347 e. The molecule has 0 saturated carbocycles. The van der Waals surface area contributed by atoms with Gasteiger partial charge in [-0.15, -0.1) is 0 Å². The highest BCUT2D eigenvalue weighted by Crippen LogP contribution is 2.09. The molecule has 2 aromatic rings. The van der Waals surface area contributed by atoms with Gasteiger partial charge in [-0.3, -0.25) is 9.59 Å². The Morgan fingerprint density at radius 1 is 1.05 bits per heavy atom. The van der Waals surface area contributed by atoms with Crippen molar-refractivity contribution in [3.63, 3.8) is 0 Å². The Morgan fingerprint density at radius 2 is 1.82 bits per heavy atom. The molecule has 2 amide bonds. The van der Waals surface area contributed by atoms with E-state index in [9.17, 15) is 14.0 Å². The summed E-state index contributed by atoms with van der Waals surface area (Å²) in [5.41, 5.74) is 2.01. The van der Waals surface area contributed by atoms with Gasteiger partial charge in [0.05, 0.1) is 13.0 Å². The summed E-state index contributed by atoms with van der Waals surface area (Å²) in [5.74, 6) is -1.15. The van der Waals surface area contributed by atoms with Gasteiger partial charge in [0.25, 0.3) is 0 Å². The molecule has 0 aromatic heterocycles. The summed E-state index contributed by atoms with van der Waals surface area (Å²) in [6.07, 6.45) is -0.0929. The smallest absolute Gasteiger partial charge is 0.243 e. The lowest BCUT2D eigenvalue weighted by Crippen LogP contribution is -2.33. The van der Waals surface area contributed by atoms with Crippen molar-refractivity contribution in [3.8, 4) is 0 Å². The van der Waals surface area contributed by atoms with Gasteiger partial charge in [-0.1, -0.05) is 30.3 Å². The first-order valence-corrected chi connectivity index (χ1v) is 6.91. The summed E-state index contributed by atoms with van der Waals surface area (Å²) in [4.78, 5) is 23.5. The van der Waals surface area contributed by atoms with E-state index in [0.29, 0.717) is 11.3 Å². The number of hydrogen-bond acceptors (Lipinski definition) is 2. The number of nitrogens with one attached hydrogen (secondary N) is 2. The summed E-state index contributed by atoms with van der Waals surface area (Å²) in [6, 6.07) is 13.4. The fourth-order valence-corrected chi connectivity index (χ4v) is 1.98. The Bertz CT molecular complexity index is 686. The molecule has 0 atom stereocenters. The van der Waals surface area contributed by atoms with Crippen LogP contribution in [0.5, 0.6) is 0 Å². The highest BCUT2D eigenvalue weighted by molar-refractivity contribution is 5.94. The maximum atomic E-state index is 13.4. The Morgan fingerprint density at radius 3 is 2.55 bits per heavy atom. The molecule has 0 aliphatic carbocycles. The van der Waals surface area contributed by atoms with Gasteiger partial charge in [0.2, 0.25) is 11.8 Å². The van der Waals surface area contributed by atoms with E-state index in [2.05, 4.69) is 10.6 Å². The largest absolute Gasteiger partial charge is 0.347 e. The van der Waals surface area contributed by atoms with Crippen LogP contribution in [0.2, 0.25) is 0 Å². The van der Waals surface area contributed by atoms with E-state index < -0.39 is 11.7 Å². The van der Waals surface area contributed by atoms with E-state index in [0.717, 1.165) is 5.56 Å². The van der Waals surface area contributed by atoms with Crippen LogP contribution in [0.3, 0.4) is 0 Å². The van der Waals surface area contributed by atoms with E-state index in [1.807, 2.05) is 25.1 Å². The van der Waals surface area contributed by atoms with Crippen LogP contribution in [0, 0.1) is 12.7 Å². The molecule has 5 heteroatoms. The lowest BCUT2D eigenvalue weighted by molar-refractivity contribution is -0.123. The first-order chi connectivity index (χ1) is 10.5. The zero-order valence-corrected chi connectivity index (χ0v) is 12.2. The van der Waals surface area contributed by atoms with Gasteiger partial charge in [-0.2, -0.15) is 0 Å². The Labute approximate surface area is 128 Å². The third-order valence-corrected chi connectivity index (χ3v) is 3.06. The van der Waals surface area contributed by atoms with Crippen molar-refractivity contribution in [2.45, 2.75) is 13.3 Å². The van der Waals surface area contributed by atoms with Crippen molar-refractivity contribution in [2.75, 3.05) is 11.9 Å². The van der Waals surface area contributed by atoms with Gasteiger partial charge in [0.15, 0.2) is 0 Å². The molecule has 2 rings (SSSR count). The molecule has 4 nitrogen and oxygen atoms in total. The van der Waals surface area contributed by atoms with Crippen LogP contribution in [-0.4, -0.2) is 18.4 Å². The molecular formula is C17H17FN2O2. The normalized spacial score (nSPS) is 10.1. The molecule has 0 aliphatic heterocycles. The molecule has 2 N–H and O–H groups in total. The van der Waals surface area contributed by atoms with Crippen LogP contribution >= 0.6 is 0 Å². The Balaban J connectivity index is 1.81. The van der Waals surface area contributed by atoms with Gasteiger partial charge in [0.1, 0.15) is 5.82 Å². The lowest BCUT2D eigenvalue weighted by Gasteiger charge is -2.08. The first kappa shape index (κ1) is 15.7. The minimum atomic E-state index is -0.429. The van der Waals surface area contributed by atoms with Crippen molar-refractivity contribution in [1.29, 1.82) is 0 Å². The molecule has 0 unspecified atom stereocenters. The molecule has 0 heterocycles. The summed E-state index contributed by atoms with van der Waals surface area (Å²) in [5, 5.41) is 5.16. The van der Waals surface area contributed by atoms with Crippen molar-refractivity contribution in [2.24, 2.45) is 0 Å². The average Bonchev–Trinajstić information content (AvgIpc) is 2.48. The summed E-state index contributed by atoms with van der Waals surface area (Å²) >= 11 is 0. The van der Waals surface area contributed by atoms with Gasteiger partial charge >= 0.3 is 0 Å². The second kappa shape index (κ2) is 7.36. The van der Waals surface area contributed by atoms with Crippen LogP contribution < -0.4 is 10.6 Å². The molecule has 0 radical (unpaired) electrons. The van der Waals surface area contributed by atoms with Crippen molar-refractivity contribution >= 4 is 17.5 Å². The van der Waals surface area contributed by atoms with Gasteiger partial charge in [0, 0.05) is 5.69 Å². The topological polar surface area (TPSA) is 58.2 Å². The van der Waals surface area contributed by atoms with Gasteiger partial charge in [-0.25, -0.2) is 4.39 Å². The lowest BCUT2D eigenvalue weighted by atomic mass is 10.1. The van der Waals surface area contributed by atoms with Crippen molar-refractivity contribution < 1.29 is 14.0 Å². The minimum absolute atomic E-state index is 0.0929. The zero-order chi connectivity index (χ0) is 15.9. The van der Waals surface area contributed by atoms with Gasteiger partial charge < -0.3 is 10.6 Å². The second-order valence-electron chi connectivity index (χ2n) is 4.96. The van der Waals surface area contributed by atoms with Gasteiger partial charge in [-0.05, 0) is 36.2 Å². The number of anilines is 1. The summed E-state index contributed by atoms with van der Waals surface area (Å²) in [7, 11) is 0. The number of carbonyl (C=O) groups excluding carboxylic acids is 2. The monoisotopic (exact) mass is 300 g/mol. The predicted molar refractivity (Wildman–Crippen MR) is 82.9 cm³/mol. The molecule has 0 spiro atoms. The van der Waals surface area contributed by atoms with E-state index in [1.165, 1.54) is 6.07 Å². The maximum absolute atomic E-state index is 13.4. The second-order valence-corrected chi connectivity index (χ2v) is 4.96. The third kappa shape index (κ3) is 4.70. The molecule has 0 saturated heterocycles. The average molecular weight is 300 g/mol. The van der Waals surface area contributed by atoms with E-state index in [-0.39, 0.29) is 18.9 Å². The fourth-order valence-electron chi connectivity index (χ4n) is 1.98. The standard InChI is InChI=1S/C17H17FN2O2/c1-12-5-4-7-14(9-12)20-17(22)11-19-16(21)10-13-6-2-3-8-15(13)18/h2-9H,10-11H2,1H3,(H,19,21)(H,20,22). The summed E-state index contributed by atoms with van der Waals surface area (Å²) < 4.78 is 13.4. The molecule has 114 valence electrons. The van der Waals surface area contributed by atoms with Crippen LogP contribution in [0.1, 0.15) is 11.1 Å². The number of halogens is 1. The van der Waals surface area contributed by atoms with Crippen molar-refractivity contribution in [1.82, 2.24) is 5.32 Å². The molecule has 22 heavy (non-hydrogen) atoms. The fraction of sp³-hybridized carbons (Fsp3) is 0.176. The highest BCUT2D eigenvalue weighted by Gasteiger charge is 2.09. The van der Waals surface area contributed by atoms with Crippen LogP contribution in [-0.2, 0) is 16.0 Å². The van der Waals surface area contributed by atoms with Crippen molar-refractivity contribution in [3.05, 3.63) is 65.5 Å². The number of aryl methyl sites for hydroxylation is 1. The number of amides is 2. The molecule has 0 bridgehead atoms. The Kier molecular flexibility index (Phi) is 5.25. The number of benzene rings is 2. The molecular weight excluding hydrogens is 283 g/mol. The molecule has 0 aliphatic rings. The SMILES string of the molecule is Cc1cccc(NC(=O)CNC(=O)Cc2ccccc2F)c1. The highest BCUT2D eigenvalue weighted by atomic mass is 19.1. The number of hydrogen-bond donors (Lipinski definition) is 2. The summed E-state index contributed by atoms with van der Waals surface area (Å²) in [6.45, 7) is 1.77. The molecule has 0 fully saturated rings.